The first kappa shape index (κ1) is 15.3. The molecule has 0 aliphatic carbocycles. The van der Waals surface area contributed by atoms with Crippen LogP contribution in [-0.2, 0) is 11.2 Å². The number of hydrogen-bond acceptors (Lipinski definition) is 3. The molecule has 1 fully saturated rings. The molecule has 1 aliphatic rings. The Labute approximate surface area is 122 Å². The van der Waals surface area contributed by atoms with Crippen LogP contribution in [0.5, 0.6) is 5.75 Å². The van der Waals surface area contributed by atoms with E-state index in [1.165, 1.54) is 5.56 Å². The van der Waals surface area contributed by atoms with E-state index in [0.717, 1.165) is 18.6 Å². The van der Waals surface area contributed by atoms with E-state index in [1.54, 1.807) is 0 Å². The number of ether oxygens (including phenoxy) is 2. The van der Waals surface area contributed by atoms with Crippen LogP contribution in [-0.4, -0.2) is 23.3 Å². The van der Waals surface area contributed by atoms with Crippen LogP contribution in [0.15, 0.2) is 24.3 Å². The van der Waals surface area contributed by atoms with Crippen molar-refractivity contribution in [3.8, 4) is 5.75 Å². The molecule has 2 rings (SSSR count). The average Bonchev–Trinajstić information content (AvgIpc) is 2.45. The van der Waals surface area contributed by atoms with Crippen LogP contribution < -0.4 is 10.5 Å². The Morgan fingerprint density at radius 1 is 1.35 bits per heavy atom. The fraction of sp³-hybridized carbons (Fsp3) is 0.647. The van der Waals surface area contributed by atoms with Gasteiger partial charge in [-0.1, -0.05) is 12.1 Å². The molecule has 2 unspecified atom stereocenters. The van der Waals surface area contributed by atoms with Gasteiger partial charge in [0.1, 0.15) is 17.5 Å². The van der Waals surface area contributed by atoms with E-state index in [1.807, 2.05) is 19.1 Å². The zero-order valence-corrected chi connectivity index (χ0v) is 13.3. The van der Waals surface area contributed by atoms with Crippen LogP contribution in [0.1, 0.15) is 46.6 Å². The van der Waals surface area contributed by atoms with E-state index >= 15 is 0 Å². The number of hydrogen-bond donors (Lipinski definition) is 1. The highest BCUT2D eigenvalue weighted by Crippen LogP contribution is 2.39. The predicted molar refractivity (Wildman–Crippen MR) is 82.1 cm³/mol. The largest absolute Gasteiger partial charge is 0.487 e. The van der Waals surface area contributed by atoms with E-state index in [9.17, 15) is 0 Å². The Balaban J connectivity index is 2.10. The van der Waals surface area contributed by atoms with Crippen molar-refractivity contribution in [3.05, 3.63) is 29.8 Å². The highest BCUT2D eigenvalue weighted by Gasteiger charge is 2.47. The van der Waals surface area contributed by atoms with Crippen molar-refractivity contribution < 1.29 is 9.47 Å². The number of benzene rings is 1. The minimum Gasteiger partial charge on any atom is -0.487 e. The minimum absolute atomic E-state index is 0.0723. The zero-order chi connectivity index (χ0) is 15.0. The molecule has 3 nitrogen and oxygen atoms in total. The van der Waals surface area contributed by atoms with Crippen molar-refractivity contribution >= 4 is 0 Å². The van der Waals surface area contributed by atoms with Crippen LogP contribution in [0.4, 0.5) is 0 Å². The third kappa shape index (κ3) is 3.74. The Morgan fingerprint density at radius 2 is 2.05 bits per heavy atom. The molecule has 0 radical (unpaired) electrons. The maximum Gasteiger partial charge on any atom is 0.130 e. The predicted octanol–water partition coefficient (Wildman–Crippen LogP) is 3.30. The SMILES string of the molecule is CC(N)Cc1cccc(OC2CC(C)(C)OC2(C)C)c1. The van der Waals surface area contributed by atoms with Crippen LogP contribution in [0.3, 0.4) is 0 Å². The zero-order valence-electron chi connectivity index (χ0n) is 13.3. The van der Waals surface area contributed by atoms with Gasteiger partial charge < -0.3 is 15.2 Å². The summed E-state index contributed by atoms with van der Waals surface area (Å²) in [7, 11) is 0. The van der Waals surface area contributed by atoms with Crippen molar-refractivity contribution in [2.24, 2.45) is 5.73 Å². The molecule has 0 spiro atoms. The maximum absolute atomic E-state index is 6.18. The first-order chi connectivity index (χ1) is 9.18. The molecule has 0 saturated carbocycles. The molecule has 112 valence electrons. The Bertz CT molecular complexity index is 466. The Hall–Kier alpha value is -1.06. The molecule has 0 amide bonds. The molecule has 20 heavy (non-hydrogen) atoms. The van der Waals surface area contributed by atoms with Crippen molar-refractivity contribution in [2.75, 3.05) is 0 Å². The highest BCUT2D eigenvalue weighted by atomic mass is 16.6. The van der Waals surface area contributed by atoms with Gasteiger partial charge in [0, 0.05) is 12.5 Å². The summed E-state index contributed by atoms with van der Waals surface area (Å²) in [6.07, 6.45) is 1.84. The molecular formula is C17H27NO2. The third-order valence-electron chi connectivity index (χ3n) is 3.73. The lowest BCUT2D eigenvalue weighted by atomic mass is 9.97. The second-order valence-electron chi connectivity index (χ2n) is 7.10. The molecule has 1 aromatic rings. The van der Waals surface area contributed by atoms with Crippen LogP contribution in [0.25, 0.3) is 0 Å². The topological polar surface area (TPSA) is 44.5 Å². The van der Waals surface area contributed by atoms with Gasteiger partial charge in [0.15, 0.2) is 0 Å². The smallest absolute Gasteiger partial charge is 0.130 e. The third-order valence-corrected chi connectivity index (χ3v) is 3.73. The maximum atomic E-state index is 6.18. The van der Waals surface area contributed by atoms with Gasteiger partial charge >= 0.3 is 0 Å². The summed E-state index contributed by atoms with van der Waals surface area (Å²) in [4.78, 5) is 0. The molecule has 2 N–H and O–H groups in total. The van der Waals surface area contributed by atoms with Crippen molar-refractivity contribution in [2.45, 2.75) is 70.8 Å². The van der Waals surface area contributed by atoms with Crippen LogP contribution in [0.2, 0.25) is 0 Å². The summed E-state index contributed by atoms with van der Waals surface area (Å²) in [6, 6.07) is 8.38. The minimum atomic E-state index is -0.263. The Morgan fingerprint density at radius 3 is 2.60 bits per heavy atom. The standard InChI is InChI=1S/C17H27NO2/c1-12(18)9-13-7-6-8-14(10-13)19-15-11-16(2,3)20-17(15,4)5/h6-8,10,12,15H,9,11,18H2,1-5H3. The van der Waals surface area contributed by atoms with E-state index < -0.39 is 0 Å². The molecule has 2 atom stereocenters. The van der Waals surface area contributed by atoms with E-state index in [4.69, 9.17) is 15.2 Å². The fourth-order valence-corrected chi connectivity index (χ4v) is 2.98. The molecule has 0 aromatic heterocycles. The lowest BCUT2D eigenvalue weighted by Crippen LogP contribution is -2.36. The fourth-order valence-electron chi connectivity index (χ4n) is 2.98. The second-order valence-corrected chi connectivity index (χ2v) is 7.10. The average molecular weight is 277 g/mol. The molecule has 1 aromatic carbocycles. The number of nitrogens with two attached hydrogens (primary N) is 1. The van der Waals surface area contributed by atoms with Gasteiger partial charge in [-0.25, -0.2) is 0 Å². The molecule has 1 heterocycles. The molecule has 1 aliphatic heterocycles. The summed E-state index contributed by atoms with van der Waals surface area (Å²) < 4.78 is 12.3. The van der Waals surface area contributed by atoms with Gasteiger partial charge in [0.25, 0.3) is 0 Å². The van der Waals surface area contributed by atoms with Gasteiger partial charge in [0.05, 0.1) is 5.60 Å². The summed E-state index contributed by atoms with van der Waals surface area (Å²) in [6.45, 7) is 10.4. The lowest BCUT2D eigenvalue weighted by Gasteiger charge is -2.27. The van der Waals surface area contributed by atoms with Gasteiger partial charge in [-0.15, -0.1) is 0 Å². The molecule has 3 heteroatoms. The monoisotopic (exact) mass is 277 g/mol. The van der Waals surface area contributed by atoms with Gasteiger partial charge in [-0.2, -0.15) is 0 Å². The summed E-state index contributed by atoms with van der Waals surface area (Å²) in [5.41, 5.74) is 6.68. The van der Waals surface area contributed by atoms with E-state index in [2.05, 4.69) is 39.8 Å². The molecule has 1 saturated heterocycles. The van der Waals surface area contributed by atoms with Gasteiger partial charge in [-0.05, 0) is 58.7 Å². The van der Waals surface area contributed by atoms with Crippen LogP contribution in [0, 0.1) is 0 Å². The lowest BCUT2D eigenvalue weighted by molar-refractivity contribution is -0.0846. The van der Waals surface area contributed by atoms with E-state index in [-0.39, 0.29) is 23.3 Å². The molecular weight excluding hydrogens is 250 g/mol. The van der Waals surface area contributed by atoms with Crippen molar-refractivity contribution in [1.82, 2.24) is 0 Å². The highest BCUT2D eigenvalue weighted by molar-refractivity contribution is 5.29. The second kappa shape index (κ2) is 5.38. The summed E-state index contributed by atoms with van der Waals surface area (Å²) in [5.74, 6) is 0.905. The first-order valence-corrected chi connectivity index (χ1v) is 7.39. The Kier molecular flexibility index (Phi) is 4.12. The van der Waals surface area contributed by atoms with Crippen molar-refractivity contribution in [3.63, 3.8) is 0 Å². The van der Waals surface area contributed by atoms with Crippen molar-refractivity contribution in [1.29, 1.82) is 0 Å². The van der Waals surface area contributed by atoms with Crippen LogP contribution >= 0.6 is 0 Å². The van der Waals surface area contributed by atoms with Gasteiger partial charge in [0.2, 0.25) is 0 Å². The van der Waals surface area contributed by atoms with Gasteiger partial charge in [-0.3, -0.25) is 0 Å². The number of rotatable bonds is 4. The van der Waals surface area contributed by atoms with E-state index in [0.29, 0.717) is 0 Å². The molecule has 0 bridgehead atoms. The summed E-state index contributed by atoms with van der Waals surface area (Å²) >= 11 is 0. The quantitative estimate of drug-likeness (QED) is 0.918. The first-order valence-electron chi connectivity index (χ1n) is 7.39. The normalized spacial score (nSPS) is 25.4. The summed E-state index contributed by atoms with van der Waals surface area (Å²) in [5, 5.41) is 0.